The summed E-state index contributed by atoms with van der Waals surface area (Å²) in [5, 5.41) is 0.393. The Morgan fingerprint density at radius 3 is 2.00 bits per heavy atom. The second-order valence-corrected chi connectivity index (χ2v) is 8.68. The molecule has 1 nitrogen and oxygen atoms in total. The van der Waals surface area contributed by atoms with Crippen molar-refractivity contribution < 1.29 is 4.43 Å². The molecule has 11 heavy (non-hydrogen) atoms. The van der Waals surface area contributed by atoms with E-state index in [-0.39, 0.29) is 4.51 Å². The second-order valence-electron chi connectivity index (χ2n) is 4.30. The van der Waals surface area contributed by atoms with Gasteiger partial charge >= 0.3 is 0 Å². The van der Waals surface area contributed by atoms with E-state index in [4.69, 9.17) is 4.43 Å². The molecule has 0 saturated carbocycles. The first-order valence-corrected chi connectivity index (χ1v) is 6.17. The Balaban J connectivity index is 3.70. The molecule has 0 aliphatic rings. The average molecular weight is 239 g/mol. The molecule has 0 aromatic rings. The maximum atomic E-state index is 5.80. The van der Waals surface area contributed by atoms with Gasteiger partial charge in [-0.2, -0.15) is 0 Å². The molecule has 0 saturated heterocycles. The summed E-state index contributed by atoms with van der Waals surface area (Å²) in [6.45, 7) is 10.9. The number of alkyl halides is 1. The van der Waals surface area contributed by atoms with Gasteiger partial charge in [-0.05, 0) is 18.4 Å². The van der Waals surface area contributed by atoms with Crippen LogP contribution in [-0.4, -0.2) is 14.3 Å². The highest BCUT2D eigenvalue weighted by Gasteiger charge is 2.21. The van der Waals surface area contributed by atoms with E-state index in [1.54, 1.807) is 0 Å². The molecule has 0 rings (SSSR count). The summed E-state index contributed by atoms with van der Waals surface area (Å²) in [5.74, 6) is 0. The molecular weight excluding hydrogens is 220 g/mol. The number of hydrogen-bond donors (Lipinski definition) is 0. The minimum absolute atomic E-state index is 0.0769. The van der Waals surface area contributed by atoms with Crippen LogP contribution in [-0.2, 0) is 4.43 Å². The highest BCUT2D eigenvalue weighted by molar-refractivity contribution is 9.10. The average Bonchev–Trinajstić information content (AvgIpc) is 1.83. The molecule has 0 aliphatic heterocycles. The number of halogens is 1. The van der Waals surface area contributed by atoms with Crippen LogP contribution in [0.1, 0.15) is 41.0 Å². The fourth-order valence-corrected chi connectivity index (χ4v) is 1.75. The Morgan fingerprint density at radius 2 is 1.73 bits per heavy atom. The van der Waals surface area contributed by atoms with Gasteiger partial charge in [-0.1, -0.05) is 43.6 Å². The van der Waals surface area contributed by atoms with Crippen LogP contribution >= 0.6 is 15.9 Å². The monoisotopic (exact) mass is 238 g/mol. The van der Waals surface area contributed by atoms with Gasteiger partial charge in [0.2, 0.25) is 0 Å². The van der Waals surface area contributed by atoms with Gasteiger partial charge in [0.15, 0.2) is 9.76 Å². The third-order valence-electron chi connectivity index (χ3n) is 1.44. The third-order valence-corrected chi connectivity index (χ3v) is 4.30. The first-order valence-electron chi connectivity index (χ1n) is 4.10. The van der Waals surface area contributed by atoms with Crippen molar-refractivity contribution in [3.8, 4) is 0 Å². The zero-order chi connectivity index (χ0) is 9.12. The third kappa shape index (κ3) is 7.03. The number of hydrogen-bond acceptors (Lipinski definition) is 1. The molecule has 1 atom stereocenters. The van der Waals surface area contributed by atoms with Crippen molar-refractivity contribution in [2.24, 2.45) is 0 Å². The predicted molar refractivity (Wildman–Crippen MR) is 57.0 cm³/mol. The van der Waals surface area contributed by atoms with E-state index >= 15 is 0 Å². The van der Waals surface area contributed by atoms with E-state index in [0.717, 1.165) is 6.42 Å². The van der Waals surface area contributed by atoms with E-state index in [1.165, 1.54) is 0 Å². The summed E-state index contributed by atoms with van der Waals surface area (Å²) in [6.07, 6.45) is 1.02. The van der Waals surface area contributed by atoms with Crippen LogP contribution in [0.2, 0.25) is 5.04 Å². The lowest BCUT2D eigenvalue weighted by molar-refractivity contribution is 0.191. The first kappa shape index (κ1) is 11.7. The molecule has 0 heterocycles. The van der Waals surface area contributed by atoms with Crippen LogP contribution in [0.25, 0.3) is 0 Å². The molecule has 0 bridgehead atoms. The van der Waals surface area contributed by atoms with Crippen molar-refractivity contribution in [1.82, 2.24) is 0 Å². The van der Waals surface area contributed by atoms with Crippen LogP contribution in [0, 0.1) is 0 Å². The molecule has 0 spiro atoms. The van der Waals surface area contributed by atoms with Gasteiger partial charge < -0.3 is 4.43 Å². The van der Waals surface area contributed by atoms with Crippen LogP contribution in [0.3, 0.4) is 0 Å². The van der Waals surface area contributed by atoms with Crippen molar-refractivity contribution in [1.29, 1.82) is 0 Å². The maximum Gasteiger partial charge on any atom is 0.168 e. The topological polar surface area (TPSA) is 9.23 Å². The summed E-state index contributed by atoms with van der Waals surface area (Å²) in [5.41, 5.74) is 0. The van der Waals surface area contributed by atoms with E-state index in [0.29, 0.717) is 5.04 Å². The van der Waals surface area contributed by atoms with E-state index < -0.39 is 9.76 Å². The molecule has 0 radical (unpaired) electrons. The zero-order valence-corrected chi connectivity index (χ0v) is 11.2. The lowest BCUT2D eigenvalue weighted by atomic mass is 10.3. The van der Waals surface area contributed by atoms with Crippen LogP contribution in [0.4, 0.5) is 0 Å². The van der Waals surface area contributed by atoms with Gasteiger partial charge in [0.05, 0.1) is 0 Å². The molecule has 68 valence electrons. The quantitative estimate of drug-likeness (QED) is 0.543. The normalized spacial score (nSPS) is 19.1. The molecule has 0 aromatic carbocycles. The molecule has 0 aliphatic carbocycles. The van der Waals surface area contributed by atoms with Crippen molar-refractivity contribution in [3.63, 3.8) is 0 Å². The van der Waals surface area contributed by atoms with Crippen LogP contribution < -0.4 is 0 Å². The van der Waals surface area contributed by atoms with Gasteiger partial charge in [-0.15, -0.1) is 0 Å². The Hall–Kier alpha value is 0.657. The summed E-state index contributed by atoms with van der Waals surface area (Å²) in [6, 6.07) is 0. The Morgan fingerprint density at radius 1 is 1.27 bits per heavy atom. The van der Waals surface area contributed by atoms with Crippen molar-refractivity contribution in [2.45, 2.75) is 50.6 Å². The summed E-state index contributed by atoms with van der Waals surface area (Å²) in [4.78, 5) is 0. The van der Waals surface area contributed by atoms with Crippen LogP contribution in [0.15, 0.2) is 0 Å². The summed E-state index contributed by atoms with van der Waals surface area (Å²) >= 11 is 3.55. The van der Waals surface area contributed by atoms with Crippen LogP contribution in [0.5, 0.6) is 0 Å². The molecule has 0 amide bonds. The van der Waals surface area contributed by atoms with Gasteiger partial charge in [-0.25, -0.2) is 0 Å². The van der Waals surface area contributed by atoms with Gasteiger partial charge in [0.25, 0.3) is 0 Å². The maximum absolute atomic E-state index is 5.80. The van der Waals surface area contributed by atoms with Crippen molar-refractivity contribution in [2.75, 3.05) is 0 Å². The zero-order valence-electron chi connectivity index (χ0n) is 8.20. The Labute approximate surface area is 81.0 Å². The summed E-state index contributed by atoms with van der Waals surface area (Å²) < 4.78 is 5.72. The molecule has 0 aromatic heterocycles. The van der Waals surface area contributed by atoms with Gasteiger partial charge in [-0.3, -0.25) is 0 Å². The lowest BCUT2D eigenvalue weighted by Gasteiger charge is -2.27. The molecule has 0 fully saturated rings. The fraction of sp³-hybridized carbons (Fsp3) is 1.00. The SMILES string of the molecule is CCC(C)(Br)O[SiH2]C(C)(C)C. The molecule has 0 N–H and O–H groups in total. The van der Waals surface area contributed by atoms with Gasteiger partial charge in [0, 0.05) is 0 Å². The molecule has 1 unspecified atom stereocenters. The predicted octanol–water partition coefficient (Wildman–Crippen LogP) is 2.83. The minimum atomic E-state index is -0.412. The highest BCUT2D eigenvalue weighted by atomic mass is 79.9. The van der Waals surface area contributed by atoms with E-state index in [1.807, 2.05) is 0 Å². The van der Waals surface area contributed by atoms with E-state index in [9.17, 15) is 0 Å². The highest BCUT2D eigenvalue weighted by Crippen LogP contribution is 2.28. The van der Waals surface area contributed by atoms with Crippen molar-refractivity contribution >= 4 is 25.7 Å². The van der Waals surface area contributed by atoms with Crippen molar-refractivity contribution in [3.05, 3.63) is 0 Å². The lowest BCUT2D eigenvalue weighted by Crippen LogP contribution is -2.25. The Kier molecular flexibility index (Phi) is 4.30. The summed E-state index contributed by atoms with van der Waals surface area (Å²) in [7, 11) is -0.412. The standard InChI is InChI=1S/C8H19BrOSi/c1-6-8(5,9)10-11-7(2,3)4/h6,11H2,1-5H3. The second kappa shape index (κ2) is 4.05. The molecular formula is C8H19BrOSi. The smallest absolute Gasteiger partial charge is 0.168 e. The first-order chi connectivity index (χ1) is 4.77. The molecule has 3 heteroatoms. The number of rotatable bonds is 3. The minimum Gasteiger partial charge on any atom is -0.409 e. The fourth-order valence-electron chi connectivity index (χ4n) is 0.469. The van der Waals surface area contributed by atoms with Gasteiger partial charge in [0.1, 0.15) is 4.51 Å². The van der Waals surface area contributed by atoms with E-state index in [2.05, 4.69) is 50.5 Å². The Bertz CT molecular complexity index is 118. The largest absolute Gasteiger partial charge is 0.409 e.